The second kappa shape index (κ2) is 21.3. The highest BCUT2D eigenvalue weighted by molar-refractivity contribution is 5.98. The van der Waals surface area contributed by atoms with Crippen LogP contribution in [0.3, 0.4) is 0 Å². The van der Waals surface area contributed by atoms with Gasteiger partial charge in [-0.05, 0) is 74.4 Å². The van der Waals surface area contributed by atoms with Gasteiger partial charge in [-0.15, -0.1) is 0 Å². The van der Waals surface area contributed by atoms with E-state index in [9.17, 15) is 9.59 Å². The minimum Gasteiger partial charge on any atom is -0.493 e. The van der Waals surface area contributed by atoms with Crippen LogP contribution in [-0.4, -0.2) is 56.7 Å². The molecule has 0 unspecified atom stereocenters. The standard InChI is InChI=1S/C38H51NO5/c1-3-4-27-44-37-23-22-34(28-35(37)29-38(41)42-2)36(40)31-39(30-33-20-11-8-12-21-33)24-14-5-6-15-25-43-26-16-13-19-32-17-9-7-10-18-32/h7-12,17-18,20-23,28H,3-6,13-16,19,24-27,29-31H2,1-2H3. The van der Waals surface area contributed by atoms with Gasteiger partial charge in [-0.1, -0.05) is 86.8 Å². The molecule has 6 nitrogen and oxygen atoms in total. The van der Waals surface area contributed by atoms with Crippen LogP contribution < -0.4 is 4.74 Å². The summed E-state index contributed by atoms with van der Waals surface area (Å²) in [5.41, 5.74) is 3.86. The number of rotatable bonds is 23. The Kier molecular flexibility index (Phi) is 16.9. The molecule has 44 heavy (non-hydrogen) atoms. The van der Waals surface area contributed by atoms with Crippen molar-refractivity contribution in [1.29, 1.82) is 0 Å². The van der Waals surface area contributed by atoms with Crippen LogP contribution in [0.2, 0.25) is 0 Å². The fourth-order valence-electron chi connectivity index (χ4n) is 5.11. The van der Waals surface area contributed by atoms with E-state index in [1.165, 1.54) is 18.2 Å². The third kappa shape index (κ3) is 13.9. The maximum Gasteiger partial charge on any atom is 0.310 e. The molecule has 238 valence electrons. The van der Waals surface area contributed by atoms with Gasteiger partial charge in [0.2, 0.25) is 0 Å². The summed E-state index contributed by atoms with van der Waals surface area (Å²) in [7, 11) is 1.37. The van der Waals surface area contributed by atoms with Crippen LogP contribution in [0, 0.1) is 0 Å². The van der Waals surface area contributed by atoms with E-state index in [0.29, 0.717) is 36.6 Å². The quantitative estimate of drug-likeness (QED) is 0.0626. The summed E-state index contributed by atoms with van der Waals surface area (Å²) in [5.74, 6) is 0.319. The first-order chi connectivity index (χ1) is 21.6. The van der Waals surface area contributed by atoms with Crippen molar-refractivity contribution in [2.24, 2.45) is 0 Å². The Hall–Kier alpha value is -3.48. The summed E-state index contributed by atoms with van der Waals surface area (Å²) < 4.78 is 16.7. The lowest BCUT2D eigenvalue weighted by Crippen LogP contribution is -2.30. The number of nitrogens with zero attached hydrogens (tertiary/aromatic N) is 1. The Labute approximate surface area is 264 Å². The van der Waals surface area contributed by atoms with E-state index < -0.39 is 0 Å². The van der Waals surface area contributed by atoms with Gasteiger partial charge in [0.05, 0.1) is 26.7 Å². The van der Waals surface area contributed by atoms with Gasteiger partial charge in [0.25, 0.3) is 0 Å². The molecule has 0 aliphatic rings. The SMILES string of the molecule is CCCCOc1ccc(C(=O)CN(CCCCCCOCCCCc2ccccc2)Cc2ccccc2)cc1CC(=O)OC. The minimum absolute atomic E-state index is 0.0350. The van der Waals surface area contributed by atoms with Gasteiger partial charge < -0.3 is 14.2 Å². The minimum atomic E-state index is -0.353. The molecular formula is C38H51NO5. The van der Waals surface area contributed by atoms with Gasteiger partial charge in [-0.25, -0.2) is 0 Å². The number of esters is 1. The predicted molar refractivity (Wildman–Crippen MR) is 177 cm³/mol. The lowest BCUT2D eigenvalue weighted by Gasteiger charge is -2.22. The number of hydrogen-bond acceptors (Lipinski definition) is 6. The van der Waals surface area contributed by atoms with Crippen molar-refractivity contribution >= 4 is 11.8 Å². The molecule has 0 aliphatic carbocycles. The number of methoxy groups -OCH3 is 1. The number of carbonyl (C=O) groups is 2. The zero-order valence-electron chi connectivity index (χ0n) is 26.8. The maximum atomic E-state index is 13.5. The molecule has 3 rings (SSSR count). The molecule has 0 aliphatic heterocycles. The number of hydrogen-bond donors (Lipinski definition) is 0. The average Bonchev–Trinajstić information content (AvgIpc) is 3.05. The highest BCUT2D eigenvalue weighted by atomic mass is 16.5. The molecule has 0 saturated heterocycles. The second-order valence-corrected chi connectivity index (χ2v) is 11.4. The normalized spacial score (nSPS) is 11.1. The summed E-state index contributed by atoms with van der Waals surface area (Å²) in [6.07, 6.45) is 9.68. The molecule has 0 spiro atoms. The average molecular weight is 602 g/mol. The molecule has 0 heterocycles. The number of ether oxygens (including phenoxy) is 3. The molecule has 0 radical (unpaired) electrons. The molecule has 0 aromatic heterocycles. The largest absolute Gasteiger partial charge is 0.493 e. The molecule has 0 amide bonds. The molecule has 0 atom stereocenters. The molecule has 3 aromatic rings. The van der Waals surface area contributed by atoms with Gasteiger partial charge in [-0.3, -0.25) is 14.5 Å². The summed E-state index contributed by atoms with van der Waals surface area (Å²) in [6.45, 7) is 6.18. The highest BCUT2D eigenvalue weighted by Crippen LogP contribution is 2.23. The number of carbonyl (C=O) groups excluding carboxylic acids is 2. The topological polar surface area (TPSA) is 65.1 Å². The predicted octanol–water partition coefficient (Wildman–Crippen LogP) is 7.87. The Morgan fingerprint density at radius 2 is 1.41 bits per heavy atom. The Morgan fingerprint density at radius 1 is 0.727 bits per heavy atom. The van der Waals surface area contributed by atoms with Crippen LogP contribution in [0.4, 0.5) is 0 Å². The summed E-state index contributed by atoms with van der Waals surface area (Å²) in [5, 5.41) is 0. The monoisotopic (exact) mass is 601 g/mol. The smallest absolute Gasteiger partial charge is 0.310 e. The third-order valence-corrected chi connectivity index (χ3v) is 7.68. The number of Topliss-reactive ketones (excluding diaryl/α,β-unsaturated/α-hetero) is 1. The Balaban J connectivity index is 1.45. The van der Waals surface area contributed by atoms with Crippen molar-refractivity contribution in [2.75, 3.05) is 40.0 Å². The fraction of sp³-hybridized carbons (Fsp3) is 0.474. The molecule has 0 N–H and O–H groups in total. The molecule has 3 aromatic carbocycles. The van der Waals surface area contributed by atoms with Crippen molar-refractivity contribution in [1.82, 2.24) is 4.90 Å². The van der Waals surface area contributed by atoms with E-state index in [0.717, 1.165) is 77.5 Å². The zero-order chi connectivity index (χ0) is 31.2. The molecule has 6 heteroatoms. The summed E-state index contributed by atoms with van der Waals surface area (Å²) >= 11 is 0. The van der Waals surface area contributed by atoms with E-state index in [4.69, 9.17) is 14.2 Å². The van der Waals surface area contributed by atoms with Crippen LogP contribution >= 0.6 is 0 Å². The fourth-order valence-corrected chi connectivity index (χ4v) is 5.11. The summed E-state index contributed by atoms with van der Waals surface area (Å²) in [6, 6.07) is 26.3. The molecule has 0 saturated carbocycles. The van der Waals surface area contributed by atoms with Crippen LogP contribution in [-0.2, 0) is 33.7 Å². The molecule has 0 bridgehead atoms. The van der Waals surface area contributed by atoms with Crippen LogP contribution in [0.1, 0.15) is 85.3 Å². The van der Waals surface area contributed by atoms with Gasteiger partial charge in [0.1, 0.15) is 5.75 Å². The van der Waals surface area contributed by atoms with Gasteiger partial charge in [0, 0.05) is 30.9 Å². The van der Waals surface area contributed by atoms with Crippen molar-refractivity contribution in [3.05, 3.63) is 101 Å². The number of ketones is 1. The maximum absolute atomic E-state index is 13.5. The van der Waals surface area contributed by atoms with Gasteiger partial charge in [0.15, 0.2) is 5.78 Å². The van der Waals surface area contributed by atoms with Crippen LogP contribution in [0.5, 0.6) is 5.75 Å². The lowest BCUT2D eigenvalue weighted by molar-refractivity contribution is -0.139. The Morgan fingerprint density at radius 3 is 2.11 bits per heavy atom. The first-order valence-corrected chi connectivity index (χ1v) is 16.3. The summed E-state index contributed by atoms with van der Waals surface area (Å²) in [4.78, 5) is 27.8. The van der Waals surface area contributed by atoms with Gasteiger partial charge in [-0.2, -0.15) is 0 Å². The second-order valence-electron chi connectivity index (χ2n) is 11.4. The lowest BCUT2D eigenvalue weighted by atomic mass is 10.0. The number of unbranched alkanes of at least 4 members (excludes halogenated alkanes) is 5. The van der Waals surface area contributed by atoms with Crippen molar-refractivity contribution in [2.45, 2.75) is 77.7 Å². The van der Waals surface area contributed by atoms with Crippen molar-refractivity contribution in [3.8, 4) is 5.75 Å². The van der Waals surface area contributed by atoms with Gasteiger partial charge >= 0.3 is 5.97 Å². The van der Waals surface area contributed by atoms with Crippen LogP contribution in [0.25, 0.3) is 0 Å². The molecule has 0 fully saturated rings. The van der Waals surface area contributed by atoms with Crippen molar-refractivity contribution in [3.63, 3.8) is 0 Å². The third-order valence-electron chi connectivity index (χ3n) is 7.68. The first kappa shape index (κ1) is 35.0. The zero-order valence-corrected chi connectivity index (χ0v) is 26.8. The van der Waals surface area contributed by atoms with E-state index in [1.807, 2.05) is 30.3 Å². The van der Waals surface area contributed by atoms with Crippen molar-refractivity contribution < 1.29 is 23.8 Å². The number of benzene rings is 3. The first-order valence-electron chi connectivity index (χ1n) is 16.3. The van der Waals surface area contributed by atoms with E-state index >= 15 is 0 Å². The molecular weight excluding hydrogens is 550 g/mol. The number of aryl methyl sites for hydroxylation is 1. The van der Waals surface area contributed by atoms with E-state index in [2.05, 4.69) is 54.3 Å². The Bertz CT molecular complexity index is 1210. The highest BCUT2D eigenvalue weighted by Gasteiger charge is 2.17. The van der Waals surface area contributed by atoms with E-state index in [-0.39, 0.29) is 18.2 Å². The van der Waals surface area contributed by atoms with Crippen LogP contribution in [0.15, 0.2) is 78.9 Å². The van der Waals surface area contributed by atoms with E-state index in [1.54, 1.807) is 6.07 Å².